The minimum absolute atomic E-state index is 0.176. The lowest BCUT2D eigenvalue weighted by atomic mass is 9.88. The lowest BCUT2D eigenvalue weighted by Gasteiger charge is -2.28. The van der Waals surface area contributed by atoms with E-state index in [1.807, 2.05) is 27.8 Å². The first-order chi connectivity index (χ1) is 5.45. The third-order valence-corrected chi connectivity index (χ3v) is 2.17. The second kappa shape index (κ2) is 4.45. The Balaban J connectivity index is 4.24. The Hall–Kier alpha value is -0.570. The van der Waals surface area contributed by atoms with Crippen molar-refractivity contribution in [1.82, 2.24) is 4.90 Å². The van der Waals surface area contributed by atoms with Crippen molar-refractivity contribution in [3.05, 3.63) is 0 Å². The summed E-state index contributed by atoms with van der Waals surface area (Å²) in [5.74, 6) is 0.176. The van der Waals surface area contributed by atoms with E-state index in [1.165, 1.54) is 0 Å². The molecule has 1 amide bonds. The van der Waals surface area contributed by atoms with Crippen molar-refractivity contribution in [3.63, 3.8) is 0 Å². The highest BCUT2D eigenvalue weighted by Crippen LogP contribution is 2.21. The lowest BCUT2D eigenvalue weighted by molar-refractivity contribution is -0.139. The smallest absolute Gasteiger partial charge is 0.228 e. The molecule has 0 spiro atoms. The van der Waals surface area contributed by atoms with Gasteiger partial charge in [0.15, 0.2) is 0 Å². The molecule has 3 heteroatoms. The Labute approximate surface area is 74.9 Å². The fraction of sp³-hybridized carbons (Fsp3) is 0.889. The number of carbonyl (C=O) groups excluding carboxylic acids is 1. The molecule has 0 unspecified atom stereocenters. The molecule has 0 saturated heterocycles. The van der Waals surface area contributed by atoms with Crippen LogP contribution in [0.1, 0.15) is 27.2 Å². The molecule has 0 fully saturated rings. The molecular formula is C9H20N2O. The highest BCUT2D eigenvalue weighted by atomic mass is 16.2. The van der Waals surface area contributed by atoms with Gasteiger partial charge in [-0.05, 0) is 19.9 Å². The minimum atomic E-state index is -0.306. The summed E-state index contributed by atoms with van der Waals surface area (Å²) in [4.78, 5) is 13.4. The molecule has 0 atom stereocenters. The van der Waals surface area contributed by atoms with Crippen molar-refractivity contribution < 1.29 is 4.79 Å². The summed E-state index contributed by atoms with van der Waals surface area (Å²) in [7, 11) is 1.82. The topological polar surface area (TPSA) is 46.3 Å². The van der Waals surface area contributed by atoms with Crippen LogP contribution in [-0.4, -0.2) is 30.9 Å². The monoisotopic (exact) mass is 172 g/mol. The van der Waals surface area contributed by atoms with Crippen LogP contribution in [0, 0.1) is 5.41 Å². The second-order valence-electron chi connectivity index (χ2n) is 3.74. The molecule has 0 heterocycles. The summed E-state index contributed by atoms with van der Waals surface area (Å²) in [6.07, 6.45) is 0.746. The molecule has 0 aliphatic carbocycles. The Morgan fingerprint density at radius 1 is 1.50 bits per heavy atom. The van der Waals surface area contributed by atoms with Crippen molar-refractivity contribution in [3.8, 4) is 0 Å². The quantitative estimate of drug-likeness (QED) is 0.683. The predicted molar refractivity (Wildman–Crippen MR) is 50.8 cm³/mol. The van der Waals surface area contributed by atoms with Gasteiger partial charge < -0.3 is 10.6 Å². The molecule has 0 radical (unpaired) electrons. The molecule has 2 N–H and O–H groups in total. The van der Waals surface area contributed by atoms with Gasteiger partial charge in [0.1, 0.15) is 0 Å². The minimum Gasteiger partial charge on any atom is -0.346 e. The van der Waals surface area contributed by atoms with Crippen LogP contribution in [0.5, 0.6) is 0 Å². The first-order valence-electron chi connectivity index (χ1n) is 4.41. The molecule has 3 nitrogen and oxygen atoms in total. The first kappa shape index (κ1) is 11.4. The summed E-state index contributed by atoms with van der Waals surface area (Å²) in [6.45, 7) is 7.17. The molecule has 0 rings (SSSR count). The largest absolute Gasteiger partial charge is 0.346 e. The lowest BCUT2D eigenvalue weighted by Crippen LogP contribution is -2.39. The number of carbonyl (C=O) groups is 1. The molecule has 12 heavy (non-hydrogen) atoms. The fourth-order valence-corrected chi connectivity index (χ4v) is 1.13. The number of hydrogen-bond acceptors (Lipinski definition) is 2. The van der Waals surface area contributed by atoms with Crippen molar-refractivity contribution in [2.24, 2.45) is 11.1 Å². The molecule has 0 aliphatic rings. The third kappa shape index (κ3) is 2.81. The summed E-state index contributed by atoms with van der Waals surface area (Å²) in [5, 5.41) is 0. The maximum Gasteiger partial charge on any atom is 0.228 e. The Bertz CT molecular complexity index is 155. The predicted octanol–water partition coefficient (Wildman–Crippen LogP) is 0.840. The third-order valence-electron chi connectivity index (χ3n) is 2.17. The van der Waals surface area contributed by atoms with E-state index in [-0.39, 0.29) is 11.3 Å². The van der Waals surface area contributed by atoms with Crippen LogP contribution in [-0.2, 0) is 4.79 Å². The van der Waals surface area contributed by atoms with Gasteiger partial charge in [0.05, 0.1) is 0 Å². The van der Waals surface area contributed by atoms with E-state index < -0.39 is 0 Å². The first-order valence-corrected chi connectivity index (χ1v) is 4.41. The van der Waals surface area contributed by atoms with Gasteiger partial charge in [0.25, 0.3) is 0 Å². The van der Waals surface area contributed by atoms with Crippen LogP contribution in [0.4, 0.5) is 0 Å². The zero-order valence-electron chi connectivity index (χ0n) is 8.55. The number of hydrogen-bond donors (Lipinski definition) is 1. The Morgan fingerprint density at radius 2 is 2.00 bits per heavy atom. The Kier molecular flexibility index (Phi) is 4.24. The van der Waals surface area contributed by atoms with Crippen molar-refractivity contribution >= 4 is 5.91 Å². The van der Waals surface area contributed by atoms with Gasteiger partial charge in [-0.1, -0.05) is 13.8 Å². The van der Waals surface area contributed by atoms with E-state index in [9.17, 15) is 4.79 Å². The van der Waals surface area contributed by atoms with Gasteiger partial charge in [-0.3, -0.25) is 4.79 Å². The molecule has 0 saturated carbocycles. The fourth-order valence-electron chi connectivity index (χ4n) is 1.13. The summed E-state index contributed by atoms with van der Waals surface area (Å²) >= 11 is 0. The average Bonchev–Trinajstić information content (AvgIpc) is 2.01. The molecule has 0 aromatic rings. The maximum absolute atomic E-state index is 11.7. The van der Waals surface area contributed by atoms with Crippen molar-refractivity contribution in [2.45, 2.75) is 27.2 Å². The van der Waals surface area contributed by atoms with Gasteiger partial charge in [0, 0.05) is 19.0 Å². The molecule has 0 aromatic heterocycles. The zero-order chi connectivity index (χ0) is 9.78. The number of rotatable bonds is 4. The maximum atomic E-state index is 11.7. The van der Waals surface area contributed by atoms with Crippen molar-refractivity contribution in [1.29, 1.82) is 0 Å². The summed E-state index contributed by atoms with van der Waals surface area (Å²) < 4.78 is 0. The second-order valence-corrected chi connectivity index (χ2v) is 3.74. The summed E-state index contributed by atoms with van der Waals surface area (Å²) in [5.41, 5.74) is 5.12. The van der Waals surface area contributed by atoms with Gasteiger partial charge >= 0.3 is 0 Å². The van der Waals surface area contributed by atoms with Gasteiger partial charge in [0.2, 0.25) is 5.91 Å². The molecule has 72 valence electrons. The van der Waals surface area contributed by atoms with E-state index in [0.717, 1.165) is 13.0 Å². The van der Waals surface area contributed by atoms with Crippen LogP contribution in [0.2, 0.25) is 0 Å². The molecule has 0 aliphatic heterocycles. The van der Waals surface area contributed by atoms with Crippen LogP contribution >= 0.6 is 0 Å². The van der Waals surface area contributed by atoms with Gasteiger partial charge in [-0.25, -0.2) is 0 Å². The van der Waals surface area contributed by atoms with E-state index in [2.05, 4.69) is 0 Å². The van der Waals surface area contributed by atoms with Crippen LogP contribution in [0.3, 0.4) is 0 Å². The van der Waals surface area contributed by atoms with E-state index >= 15 is 0 Å². The van der Waals surface area contributed by atoms with Crippen molar-refractivity contribution in [2.75, 3.05) is 20.1 Å². The highest BCUT2D eigenvalue weighted by molar-refractivity contribution is 5.81. The van der Waals surface area contributed by atoms with Crippen LogP contribution < -0.4 is 5.73 Å². The van der Waals surface area contributed by atoms with E-state index in [0.29, 0.717) is 6.54 Å². The normalized spacial score (nSPS) is 11.4. The van der Waals surface area contributed by atoms with Gasteiger partial charge in [-0.2, -0.15) is 0 Å². The standard InChI is InChI=1S/C9H20N2O/c1-5-11(4)8(12)9(2,3)6-7-10/h5-7,10H2,1-4H3. The average molecular weight is 172 g/mol. The number of amides is 1. The molecule has 0 aromatic carbocycles. The number of nitrogens with zero attached hydrogens (tertiary/aromatic N) is 1. The molecule has 0 bridgehead atoms. The van der Waals surface area contributed by atoms with Crippen LogP contribution in [0.15, 0.2) is 0 Å². The van der Waals surface area contributed by atoms with E-state index in [1.54, 1.807) is 4.90 Å². The SMILES string of the molecule is CCN(C)C(=O)C(C)(C)CCN. The van der Waals surface area contributed by atoms with Gasteiger partial charge in [-0.15, -0.1) is 0 Å². The van der Waals surface area contributed by atoms with E-state index in [4.69, 9.17) is 5.73 Å². The molecular weight excluding hydrogens is 152 g/mol. The highest BCUT2D eigenvalue weighted by Gasteiger charge is 2.28. The Morgan fingerprint density at radius 3 is 2.33 bits per heavy atom. The zero-order valence-corrected chi connectivity index (χ0v) is 8.55. The van der Waals surface area contributed by atoms with Crippen LogP contribution in [0.25, 0.3) is 0 Å². The number of nitrogens with two attached hydrogens (primary N) is 1. The summed E-state index contributed by atoms with van der Waals surface area (Å²) in [6, 6.07) is 0.